The zero-order chi connectivity index (χ0) is 18.5. The van der Waals surface area contributed by atoms with E-state index in [4.69, 9.17) is 9.15 Å². The molecule has 1 aromatic heterocycles. The van der Waals surface area contributed by atoms with Gasteiger partial charge in [-0.25, -0.2) is 0 Å². The smallest absolute Gasteiger partial charge is 0.265 e. The van der Waals surface area contributed by atoms with Crippen molar-refractivity contribution < 1.29 is 18.7 Å². The number of ether oxygens (including phenoxy) is 1. The second kappa shape index (κ2) is 7.60. The molecular formula is C19H17N3O4. The van der Waals surface area contributed by atoms with Crippen LogP contribution in [0.1, 0.15) is 24.2 Å². The molecular weight excluding hydrogens is 334 g/mol. The van der Waals surface area contributed by atoms with Crippen LogP contribution in [0.4, 0.5) is 5.69 Å². The van der Waals surface area contributed by atoms with Crippen molar-refractivity contribution >= 4 is 17.4 Å². The maximum Gasteiger partial charge on any atom is 0.265 e. The first kappa shape index (κ1) is 17.3. The number of aromatic nitrogens is 2. The third kappa shape index (κ3) is 4.13. The number of rotatable bonds is 6. The molecule has 7 heteroatoms. The van der Waals surface area contributed by atoms with Gasteiger partial charge in [0.2, 0.25) is 12.3 Å². The monoisotopic (exact) mass is 351 g/mol. The molecule has 0 aliphatic rings. The Balaban J connectivity index is 1.59. The molecule has 0 saturated carbocycles. The van der Waals surface area contributed by atoms with Crippen LogP contribution in [0.25, 0.3) is 11.5 Å². The first-order chi connectivity index (χ1) is 12.5. The van der Waals surface area contributed by atoms with Crippen LogP contribution in [0, 0.1) is 0 Å². The van der Waals surface area contributed by atoms with Crippen molar-refractivity contribution in [3.05, 3.63) is 60.5 Å². The zero-order valence-corrected chi connectivity index (χ0v) is 14.3. The number of benzene rings is 2. The van der Waals surface area contributed by atoms with Crippen LogP contribution in [-0.4, -0.2) is 28.0 Å². The highest BCUT2D eigenvalue weighted by Gasteiger charge is 2.15. The van der Waals surface area contributed by atoms with E-state index in [1.807, 2.05) is 0 Å². The SMILES string of the molecule is CC(=O)c1ccc(NC(=O)[C@H](C)Oc2ccc(-c3nnco3)cc2)cc1. The predicted octanol–water partition coefficient (Wildman–Crippen LogP) is 3.35. The number of hydrogen-bond donors (Lipinski definition) is 1. The van der Waals surface area contributed by atoms with Crippen molar-refractivity contribution in [2.24, 2.45) is 0 Å². The molecule has 0 saturated heterocycles. The Morgan fingerprint density at radius 2 is 1.77 bits per heavy atom. The van der Waals surface area contributed by atoms with E-state index in [0.717, 1.165) is 5.56 Å². The molecule has 0 spiro atoms. The van der Waals surface area contributed by atoms with Gasteiger partial charge in [0.15, 0.2) is 11.9 Å². The lowest BCUT2D eigenvalue weighted by Crippen LogP contribution is -2.30. The van der Waals surface area contributed by atoms with E-state index in [0.29, 0.717) is 22.9 Å². The molecule has 132 valence electrons. The van der Waals surface area contributed by atoms with E-state index >= 15 is 0 Å². The highest BCUT2D eigenvalue weighted by atomic mass is 16.5. The maximum absolute atomic E-state index is 12.3. The first-order valence-electron chi connectivity index (χ1n) is 7.98. The third-order valence-corrected chi connectivity index (χ3v) is 3.70. The molecule has 1 atom stereocenters. The molecule has 7 nitrogen and oxygen atoms in total. The van der Waals surface area contributed by atoms with Crippen molar-refractivity contribution in [1.82, 2.24) is 10.2 Å². The molecule has 3 rings (SSSR count). The van der Waals surface area contributed by atoms with Gasteiger partial charge in [0.05, 0.1) is 0 Å². The van der Waals surface area contributed by atoms with Crippen LogP contribution in [0.5, 0.6) is 5.75 Å². The van der Waals surface area contributed by atoms with Crippen LogP contribution < -0.4 is 10.1 Å². The Morgan fingerprint density at radius 3 is 2.35 bits per heavy atom. The number of amides is 1. The summed E-state index contributed by atoms with van der Waals surface area (Å²) >= 11 is 0. The van der Waals surface area contributed by atoms with Gasteiger partial charge in [0.1, 0.15) is 5.75 Å². The van der Waals surface area contributed by atoms with Gasteiger partial charge in [0.25, 0.3) is 5.91 Å². The summed E-state index contributed by atoms with van der Waals surface area (Å²) in [5, 5.41) is 10.2. The van der Waals surface area contributed by atoms with Gasteiger partial charge in [-0.15, -0.1) is 10.2 Å². The number of ketones is 1. The lowest BCUT2D eigenvalue weighted by molar-refractivity contribution is -0.122. The fourth-order valence-electron chi connectivity index (χ4n) is 2.26. The summed E-state index contributed by atoms with van der Waals surface area (Å²) in [5.41, 5.74) is 1.95. The van der Waals surface area contributed by atoms with Gasteiger partial charge in [-0.2, -0.15) is 0 Å². The topological polar surface area (TPSA) is 94.3 Å². The molecule has 0 radical (unpaired) electrons. The van der Waals surface area contributed by atoms with Gasteiger partial charge >= 0.3 is 0 Å². The largest absolute Gasteiger partial charge is 0.481 e. The molecule has 3 aromatic rings. The van der Waals surface area contributed by atoms with E-state index in [9.17, 15) is 9.59 Å². The van der Waals surface area contributed by atoms with Crippen molar-refractivity contribution in [3.8, 4) is 17.2 Å². The summed E-state index contributed by atoms with van der Waals surface area (Å²) in [6.07, 6.45) is 0.562. The van der Waals surface area contributed by atoms with Gasteiger partial charge in [-0.3, -0.25) is 9.59 Å². The number of carbonyl (C=O) groups excluding carboxylic acids is 2. The molecule has 1 heterocycles. The van der Waals surface area contributed by atoms with Gasteiger partial charge in [-0.05, 0) is 62.4 Å². The summed E-state index contributed by atoms with van der Waals surface area (Å²) in [4.78, 5) is 23.5. The maximum atomic E-state index is 12.3. The Hall–Kier alpha value is -3.48. The highest BCUT2D eigenvalue weighted by molar-refractivity contribution is 5.96. The average Bonchev–Trinajstić information content (AvgIpc) is 3.17. The molecule has 26 heavy (non-hydrogen) atoms. The molecule has 0 aliphatic heterocycles. The van der Waals surface area contributed by atoms with Crippen molar-refractivity contribution in [1.29, 1.82) is 0 Å². The minimum Gasteiger partial charge on any atom is -0.481 e. The lowest BCUT2D eigenvalue weighted by Gasteiger charge is -2.15. The van der Waals surface area contributed by atoms with Gasteiger partial charge < -0.3 is 14.5 Å². The Morgan fingerprint density at radius 1 is 1.08 bits per heavy atom. The Kier molecular flexibility index (Phi) is 5.07. The normalized spacial score (nSPS) is 11.6. The molecule has 0 unspecified atom stereocenters. The van der Waals surface area contributed by atoms with Crippen molar-refractivity contribution in [2.45, 2.75) is 20.0 Å². The van der Waals surface area contributed by atoms with Crippen LogP contribution in [0.15, 0.2) is 59.3 Å². The second-order valence-electron chi connectivity index (χ2n) is 5.65. The number of anilines is 1. The summed E-state index contributed by atoms with van der Waals surface area (Å²) in [7, 11) is 0. The number of hydrogen-bond acceptors (Lipinski definition) is 6. The fraction of sp³-hybridized carbons (Fsp3) is 0.158. The zero-order valence-electron chi connectivity index (χ0n) is 14.3. The predicted molar refractivity (Wildman–Crippen MR) is 94.9 cm³/mol. The summed E-state index contributed by atoms with van der Waals surface area (Å²) in [5.74, 6) is 0.643. The third-order valence-electron chi connectivity index (χ3n) is 3.70. The minimum atomic E-state index is -0.697. The molecule has 2 aromatic carbocycles. The highest BCUT2D eigenvalue weighted by Crippen LogP contribution is 2.21. The Labute approximate surface area is 150 Å². The van der Waals surface area contributed by atoms with E-state index in [2.05, 4.69) is 15.5 Å². The number of carbonyl (C=O) groups is 2. The quantitative estimate of drug-likeness (QED) is 0.685. The summed E-state index contributed by atoms with van der Waals surface area (Å²) < 4.78 is 10.8. The minimum absolute atomic E-state index is 0.0245. The van der Waals surface area contributed by atoms with Crippen LogP contribution in [0.3, 0.4) is 0 Å². The van der Waals surface area contributed by atoms with Crippen LogP contribution in [0.2, 0.25) is 0 Å². The molecule has 1 N–H and O–H groups in total. The van der Waals surface area contributed by atoms with Crippen LogP contribution >= 0.6 is 0 Å². The molecule has 0 bridgehead atoms. The van der Waals surface area contributed by atoms with E-state index in [1.54, 1.807) is 55.5 Å². The fourth-order valence-corrected chi connectivity index (χ4v) is 2.26. The molecule has 1 amide bonds. The van der Waals surface area contributed by atoms with Gasteiger partial charge in [-0.1, -0.05) is 0 Å². The number of nitrogens with one attached hydrogen (secondary N) is 1. The average molecular weight is 351 g/mol. The van der Waals surface area contributed by atoms with Gasteiger partial charge in [0, 0.05) is 16.8 Å². The first-order valence-corrected chi connectivity index (χ1v) is 7.98. The van der Waals surface area contributed by atoms with E-state index < -0.39 is 6.10 Å². The summed E-state index contributed by atoms with van der Waals surface area (Å²) in [6, 6.07) is 13.7. The van der Waals surface area contributed by atoms with E-state index in [-0.39, 0.29) is 11.7 Å². The summed E-state index contributed by atoms with van der Waals surface area (Å²) in [6.45, 7) is 3.15. The standard InChI is InChI=1S/C19H17N3O4/c1-12(23)14-3-7-16(8-4-14)21-18(24)13(2)26-17-9-5-15(6-10-17)19-22-20-11-25-19/h3-11,13H,1-2H3,(H,21,24)/t13-/m0/s1. The van der Waals surface area contributed by atoms with Crippen molar-refractivity contribution in [2.75, 3.05) is 5.32 Å². The van der Waals surface area contributed by atoms with Crippen LogP contribution in [-0.2, 0) is 4.79 Å². The molecule has 0 fully saturated rings. The van der Waals surface area contributed by atoms with E-state index in [1.165, 1.54) is 13.3 Å². The molecule has 0 aliphatic carbocycles. The number of nitrogens with zero attached hydrogens (tertiary/aromatic N) is 2. The number of Topliss-reactive ketones (excluding diaryl/α,β-unsaturated/α-hetero) is 1. The van der Waals surface area contributed by atoms with Crippen molar-refractivity contribution in [3.63, 3.8) is 0 Å². The second-order valence-corrected chi connectivity index (χ2v) is 5.65. The lowest BCUT2D eigenvalue weighted by atomic mass is 10.1. The Bertz CT molecular complexity index is 888.